The summed E-state index contributed by atoms with van der Waals surface area (Å²) in [5, 5.41) is 22.6. The standard InChI is InChI=1S/C27H23Cl2N7O5/c1-40-25(38)11-16-3-5-17(6-4-16)20-13-22(32-33-27(20)29)21(14-26(39)41-2)31-24(37)10-7-18-12-19(28)8-9-23(18)36-15-30-34-35-36/h3-10,12-13,15,21H,11,14H2,1-2H3,(H,31,37)/b10-7+/t21-/m0/s1. The minimum atomic E-state index is -0.889. The number of hydrogen-bond acceptors (Lipinski definition) is 10. The van der Waals surface area contributed by atoms with Crippen molar-refractivity contribution in [3.8, 4) is 16.8 Å². The second-order valence-electron chi connectivity index (χ2n) is 8.56. The van der Waals surface area contributed by atoms with Crippen LogP contribution in [0.5, 0.6) is 0 Å². The lowest BCUT2D eigenvalue weighted by Crippen LogP contribution is -2.30. The highest BCUT2D eigenvalue weighted by Gasteiger charge is 2.22. The van der Waals surface area contributed by atoms with Crippen LogP contribution in [-0.2, 0) is 30.3 Å². The number of methoxy groups -OCH3 is 2. The van der Waals surface area contributed by atoms with E-state index in [2.05, 4.69) is 31.0 Å². The molecule has 2 heterocycles. The molecule has 41 heavy (non-hydrogen) atoms. The van der Waals surface area contributed by atoms with Crippen LogP contribution in [0.15, 0.2) is 60.9 Å². The number of nitrogens with one attached hydrogen (secondary N) is 1. The smallest absolute Gasteiger partial charge is 0.309 e. The molecule has 210 valence electrons. The van der Waals surface area contributed by atoms with Crippen LogP contribution in [0.1, 0.15) is 29.3 Å². The van der Waals surface area contributed by atoms with Crippen molar-refractivity contribution >= 4 is 47.1 Å². The Labute approximate surface area is 244 Å². The van der Waals surface area contributed by atoms with Gasteiger partial charge in [0, 0.05) is 22.2 Å². The number of rotatable bonds is 10. The van der Waals surface area contributed by atoms with Crippen LogP contribution >= 0.6 is 23.2 Å². The van der Waals surface area contributed by atoms with E-state index < -0.39 is 17.9 Å². The molecule has 0 radical (unpaired) electrons. The highest BCUT2D eigenvalue weighted by atomic mass is 35.5. The van der Waals surface area contributed by atoms with Gasteiger partial charge in [-0.15, -0.1) is 10.2 Å². The Morgan fingerprint density at radius 1 is 1.00 bits per heavy atom. The van der Waals surface area contributed by atoms with Gasteiger partial charge in [-0.2, -0.15) is 9.78 Å². The number of esters is 2. The van der Waals surface area contributed by atoms with Gasteiger partial charge in [0.2, 0.25) is 5.91 Å². The van der Waals surface area contributed by atoms with Crippen molar-refractivity contribution in [3.63, 3.8) is 0 Å². The summed E-state index contributed by atoms with van der Waals surface area (Å²) < 4.78 is 11.0. The molecule has 2 aromatic carbocycles. The maximum atomic E-state index is 13.0. The Bertz CT molecular complexity index is 1580. The maximum absolute atomic E-state index is 13.0. The van der Waals surface area contributed by atoms with E-state index in [9.17, 15) is 14.4 Å². The molecule has 0 bridgehead atoms. The largest absolute Gasteiger partial charge is 0.469 e. The number of carbonyl (C=O) groups is 3. The van der Waals surface area contributed by atoms with E-state index in [4.69, 9.17) is 32.7 Å². The van der Waals surface area contributed by atoms with Crippen molar-refractivity contribution in [2.24, 2.45) is 0 Å². The predicted molar refractivity (Wildman–Crippen MR) is 149 cm³/mol. The summed E-state index contributed by atoms with van der Waals surface area (Å²) in [6, 6.07) is 12.9. The molecule has 0 aliphatic carbocycles. The van der Waals surface area contributed by atoms with Crippen LogP contribution in [0.25, 0.3) is 22.9 Å². The summed E-state index contributed by atoms with van der Waals surface area (Å²) in [6.07, 6.45) is 4.15. The van der Waals surface area contributed by atoms with E-state index in [1.807, 2.05) is 0 Å². The number of amides is 1. The van der Waals surface area contributed by atoms with E-state index in [1.54, 1.807) is 54.6 Å². The van der Waals surface area contributed by atoms with Crippen LogP contribution in [0.4, 0.5) is 0 Å². The predicted octanol–water partition coefficient (Wildman–Crippen LogP) is 3.58. The van der Waals surface area contributed by atoms with E-state index >= 15 is 0 Å². The molecular weight excluding hydrogens is 573 g/mol. The molecule has 0 saturated carbocycles. The van der Waals surface area contributed by atoms with Gasteiger partial charge < -0.3 is 14.8 Å². The molecule has 0 fully saturated rings. The van der Waals surface area contributed by atoms with Crippen LogP contribution in [0.2, 0.25) is 10.2 Å². The molecule has 0 unspecified atom stereocenters. The molecule has 1 amide bonds. The minimum Gasteiger partial charge on any atom is -0.469 e. The quantitative estimate of drug-likeness (QED) is 0.213. The first kappa shape index (κ1) is 29.3. The lowest BCUT2D eigenvalue weighted by atomic mass is 10.0. The second-order valence-corrected chi connectivity index (χ2v) is 9.35. The molecule has 1 N–H and O–H groups in total. The Kier molecular flexibility index (Phi) is 9.72. The molecule has 1 atom stereocenters. The van der Waals surface area contributed by atoms with Gasteiger partial charge in [0.1, 0.15) is 6.33 Å². The number of tetrazole rings is 1. The van der Waals surface area contributed by atoms with E-state index in [-0.39, 0.29) is 29.7 Å². The zero-order valence-electron chi connectivity index (χ0n) is 21.8. The average Bonchev–Trinajstić information content (AvgIpc) is 3.51. The molecule has 0 aliphatic heterocycles. The Morgan fingerprint density at radius 2 is 1.76 bits per heavy atom. The third kappa shape index (κ3) is 7.71. The highest BCUT2D eigenvalue weighted by Crippen LogP contribution is 2.29. The first-order chi connectivity index (χ1) is 19.8. The molecule has 0 saturated heterocycles. The maximum Gasteiger partial charge on any atom is 0.309 e. The van der Waals surface area contributed by atoms with Gasteiger partial charge in [0.25, 0.3) is 0 Å². The second kappa shape index (κ2) is 13.6. The van der Waals surface area contributed by atoms with Gasteiger partial charge in [-0.05, 0) is 51.9 Å². The fourth-order valence-corrected chi connectivity index (χ4v) is 4.19. The first-order valence-corrected chi connectivity index (χ1v) is 12.8. The molecule has 0 aliphatic rings. The number of carbonyl (C=O) groups excluding carboxylic acids is 3. The zero-order chi connectivity index (χ0) is 29.4. The fourth-order valence-electron chi connectivity index (χ4n) is 3.81. The summed E-state index contributed by atoms with van der Waals surface area (Å²) in [6.45, 7) is 0. The number of aromatic nitrogens is 6. The van der Waals surface area contributed by atoms with Gasteiger partial charge in [-0.3, -0.25) is 14.4 Å². The fraction of sp³-hybridized carbons (Fsp3) is 0.185. The third-order valence-electron chi connectivity index (χ3n) is 5.88. The molecule has 14 heteroatoms. The van der Waals surface area contributed by atoms with E-state index in [1.165, 1.54) is 31.3 Å². The van der Waals surface area contributed by atoms with Crippen molar-refractivity contribution in [2.45, 2.75) is 18.9 Å². The number of nitrogens with zero attached hydrogens (tertiary/aromatic N) is 6. The topological polar surface area (TPSA) is 151 Å². The Balaban J connectivity index is 1.58. The normalized spacial score (nSPS) is 11.7. The number of ether oxygens (including phenoxy) is 2. The van der Waals surface area contributed by atoms with Gasteiger partial charge in [0.05, 0.1) is 44.5 Å². The van der Waals surface area contributed by atoms with Crippen LogP contribution in [-0.4, -0.2) is 62.5 Å². The van der Waals surface area contributed by atoms with E-state index in [0.29, 0.717) is 27.4 Å². The Hall–Kier alpha value is -4.68. The van der Waals surface area contributed by atoms with Crippen molar-refractivity contribution in [1.29, 1.82) is 0 Å². The number of hydrogen-bond donors (Lipinski definition) is 1. The summed E-state index contributed by atoms with van der Waals surface area (Å²) in [5.41, 5.74) is 3.43. The zero-order valence-corrected chi connectivity index (χ0v) is 23.3. The first-order valence-electron chi connectivity index (χ1n) is 12.0. The lowest BCUT2D eigenvalue weighted by molar-refractivity contribution is -0.141. The molecule has 4 aromatic rings. The van der Waals surface area contributed by atoms with Crippen LogP contribution < -0.4 is 5.32 Å². The number of halogens is 2. The summed E-state index contributed by atoms with van der Waals surface area (Å²) >= 11 is 12.5. The molecule has 0 spiro atoms. The molecule has 4 rings (SSSR count). The van der Waals surface area contributed by atoms with Gasteiger partial charge in [-0.1, -0.05) is 47.5 Å². The molecule has 2 aromatic heterocycles. The molecular formula is C27H23Cl2N7O5. The van der Waals surface area contributed by atoms with Crippen molar-refractivity contribution in [3.05, 3.63) is 87.9 Å². The summed E-state index contributed by atoms with van der Waals surface area (Å²) in [5.74, 6) is -1.45. The van der Waals surface area contributed by atoms with Gasteiger partial charge in [0.15, 0.2) is 5.15 Å². The van der Waals surface area contributed by atoms with Crippen molar-refractivity contribution in [1.82, 2.24) is 35.7 Å². The van der Waals surface area contributed by atoms with Crippen LogP contribution in [0.3, 0.4) is 0 Å². The van der Waals surface area contributed by atoms with Gasteiger partial charge >= 0.3 is 11.9 Å². The highest BCUT2D eigenvalue weighted by molar-refractivity contribution is 6.32. The van der Waals surface area contributed by atoms with Crippen LogP contribution in [0, 0.1) is 0 Å². The average molecular weight is 596 g/mol. The van der Waals surface area contributed by atoms with E-state index in [0.717, 1.165) is 5.56 Å². The monoisotopic (exact) mass is 595 g/mol. The SMILES string of the molecule is COC(=O)Cc1ccc(-c2cc([C@H](CC(=O)OC)NC(=O)/C=C/c3cc(Cl)ccc3-n3cnnn3)nnc2Cl)cc1. The minimum absolute atomic E-state index is 0.119. The number of benzene rings is 2. The lowest BCUT2D eigenvalue weighted by Gasteiger charge is -2.17. The van der Waals surface area contributed by atoms with Gasteiger partial charge in [-0.25, -0.2) is 0 Å². The Morgan fingerprint density at radius 3 is 2.44 bits per heavy atom. The van der Waals surface area contributed by atoms with Crippen molar-refractivity contribution in [2.75, 3.05) is 14.2 Å². The summed E-state index contributed by atoms with van der Waals surface area (Å²) in [7, 11) is 2.57. The summed E-state index contributed by atoms with van der Waals surface area (Å²) in [4.78, 5) is 36.8. The van der Waals surface area contributed by atoms with Crippen molar-refractivity contribution < 1.29 is 23.9 Å². The molecule has 12 nitrogen and oxygen atoms in total. The third-order valence-corrected chi connectivity index (χ3v) is 6.39.